The molecule has 1 atom stereocenters. The number of aromatic nitrogens is 1. The van der Waals surface area contributed by atoms with Crippen LogP contribution in [0.1, 0.15) is 23.4 Å². The lowest BCUT2D eigenvalue weighted by Crippen LogP contribution is -2.42. The first-order chi connectivity index (χ1) is 12.1. The molecule has 1 fully saturated rings. The SMILES string of the molecule is Cc1ccc(S(=O)(=O)N2CCCC2C(=O)Nc2nc(C(F)(F)F)cs2)s1. The highest BCUT2D eigenvalue weighted by atomic mass is 32.2. The number of carbonyl (C=O) groups excluding carboxylic acids is 1. The number of halogens is 3. The average Bonchev–Trinajstić information content (AvgIpc) is 3.25. The molecule has 2 aromatic heterocycles. The zero-order chi connectivity index (χ0) is 19.1. The minimum absolute atomic E-state index is 0.142. The molecule has 3 rings (SSSR count). The second kappa shape index (κ2) is 6.91. The number of hydrogen-bond donors (Lipinski definition) is 1. The second-order valence-electron chi connectivity index (χ2n) is 5.66. The van der Waals surface area contributed by atoms with Gasteiger partial charge in [-0.15, -0.1) is 22.7 Å². The van der Waals surface area contributed by atoms with Crippen LogP contribution in [0.5, 0.6) is 0 Å². The van der Waals surface area contributed by atoms with E-state index < -0.39 is 33.8 Å². The van der Waals surface area contributed by atoms with Gasteiger partial charge in [0.15, 0.2) is 10.8 Å². The summed E-state index contributed by atoms with van der Waals surface area (Å²) in [7, 11) is -3.83. The van der Waals surface area contributed by atoms with Gasteiger partial charge in [-0.1, -0.05) is 0 Å². The van der Waals surface area contributed by atoms with E-state index in [1.54, 1.807) is 13.0 Å². The Morgan fingerprint density at radius 3 is 2.69 bits per heavy atom. The van der Waals surface area contributed by atoms with E-state index in [1.807, 2.05) is 0 Å². The number of carbonyl (C=O) groups is 1. The fourth-order valence-electron chi connectivity index (χ4n) is 2.61. The number of thiazole rings is 1. The number of amides is 1. The van der Waals surface area contributed by atoms with Gasteiger partial charge in [0.1, 0.15) is 10.3 Å². The number of sulfonamides is 1. The topological polar surface area (TPSA) is 79.4 Å². The summed E-state index contributed by atoms with van der Waals surface area (Å²) in [6.07, 6.45) is -3.81. The largest absolute Gasteiger partial charge is 0.434 e. The molecule has 1 amide bonds. The summed E-state index contributed by atoms with van der Waals surface area (Å²) in [5.41, 5.74) is -1.09. The first-order valence-electron chi connectivity index (χ1n) is 7.51. The van der Waals surface area contributed by atoms with Gasteiger partial charge >= 0.3 is 6.18 Å². The summed E-state index contributed by atoms with van der Waals surface area (Å²) in [5, 5.41) is 2.89. The number of nitrogens with one attached hydrogen (secondary N) is 1. The van der Waals surface area contributed by atoms with Crippen LogP contribution in [0.2, 0.25) is 0 Å². The first-order valence-corrected chi connectivity index (χ1v) is 10.6. The van der Waals surface area contributed by atoms with E-state index in [0.29, 0.717) is 24.2 Å². The Bertz CT molecular complexity index is 921. The highest BCUT2D eigenvalue weighted by Crippen LogP contribution is 2.33. The molecule has 6 nitrogen and oxygen atoms in total. The van der Waals surface area contributed by atoms with E-state index in [0.717, 1.165) is 25.9 Å². The highest BCUT2D eigenvalue weighted by Gasteiger charge is 2.40. The average molecular weight is 425 g/mol. The summed E-state index contributed by atoms with van der Waals surface area (Å²) < 4.78 is 64.5. The third kappa shape index (κ3) is 3.77. The molecule has 0 radical (unpaired) electrons. The molecule has 0 bridgehead atoms. The molecule has 0 saturated carbocycles. The fraction of sp³-hybridized carbons (Fsp3) is 0.429. The Labute approximate surface area is 155 Å². The van der Waals surface area contributed by atoms with Crippen molar-refractivity contribution in [3.63, 3.8) is 0 Å². The summed E-state index contributed by atoms with van der Waals surface area (Å²) >= 11 is 1.75. The van der Waals surface area contributed by atoms with Crippen molar-refractivity contribution in [3.05, 3.63) is 28.1 Å². The van der Waals surface area contributed by atoms with Crippen molar-refractivity contribution in [2.24, 2.45) is 0 Å². The number of alkyl halides is 3. The van der Waals surface area contributed by atoms with Gasteiger partial charge in [-0.2, -0.15) is 17.5 Å². The Balaban J connectivity index is 1.77. The predicted molar refractivity (Wildman–Crippen MR) is 91.7 cm³/mol. The van der Waals surface area contributed by atoms with E-state index in [-0.39, 0.29) is 15.9 Å². The van der Waals surface area contributed by atoms with Crippen LogP contribution in [0.4, 0.5) is 18.3 Å². The minimum Gasteiger partial charge on any atom is -0.301 e. The molecule has 2 aromatic rings. The minimum atomic E-state index is -4.60. The van der Waals surface area contributed by atoms with Gasteiger partial charge in [-0.3, -0.25) is 4.79 Å². The van der Waals surface area contributed by atoms with Crippen molar-refractivity contribution in [2.45, 2.75) is 36.2 Å². The Morgan fingerprint density at radius 2 is 2.12 bits per heavy atom. The van der Waals surface area contributed by atoms with Crippen LogP contribution in [-0.2, 0) is 21.0 Å². The van der Waals surface area contributed by atoms with E-state index in [9.17, 15) is 26.4 Å². The van der Waals surface area contributed by atoms with Crippen LogP contribution < -0.4 is 5.32 Å². The third-order valence-electron chi connectivity index (χ3n) is 3.81. The molecular formula is C14H14F3N3O3S3. The molecule has 0 aliphatic carbocycles. The molecule has 0 aromatic carbocycles. The number of hydrogen-bond acceptors (Lipinski definition) is 6. The molecule has 26 heavy (non-hydrogen) atoms. The standard InChI is InChI=1S/C14H14F3N3O3S3/c1-8-4-5-11(25-8)26(22,23)20-6-2-3-9(20)12(21)19-13-18-10(7-24-13)14(15,16)17/h4-5,7,9H,2-3,6H2,1H3,(H,18,19,21). The molecule has 1 aliphatic rings. The molecule has 142 valence electrons. The molecule has 1 aliphatic heterocycles. The number of rotatable bonds is 4. The Kier molecular flexibility index (Phi) is 5.12. The summed E-state index contributed by atoms with van der Waals surface area (Å²) in [6.45, 7) is 1.96. The highest BCUT2D eigenvalue weighted by molar-refractivity contribution is 7.91. The number of thiophene rings is 1. The maximum absolute atomic E-state index is 12.7. The lowest BCUT2D eigenvalue weighted by Gasteiger charge is -2.22. The zero-order valence-electron chi connectivity index (χ0n) is 13.4. The molecule has 1 saturated heterocycles. The van der Waals surface area contributed by atoms with Gasteiger partial charge in [0.05, 0.1) is 0 Å². The monoisotopic (exact) mass is 425 g/mol. The Morgan fingerprint density at radius 1 is 1.38 bits per heavy atom. The first kappa shape index (κ1) is 19.3. The van der Waals surface area contributed by atoms with Crippen molar-refractivity contribution in [2.75, 3.05) is 11.9 Å². The van der Waals surface area contributed by atoms with Crippen LogP contribution in [0, 0.1) is 6.92 Å². The zero-order valence-corrected chi connectivity index (χ0v) is 15.9. The van der Waals surface area contributed by atoms with E-state index in [4.69, 9.17) is 0 Å². The van der Waals surface area contributed by atoms with Crippen molar-refractivity contribution in [1.82, 2.24) is 9.29 Å². The number of anilines is 1. The van der Waals surface area contributed by atoms with Gasteiger partial charge in [0.25, 0.3) is 10.0 Å². The van der Waals surface area contributed by atoms with Gasteiger partial charge < -0.3 is 5.32 Å². The van der Waals surface area contributed by atoms with Crippen LogP contribution in [-0.4, -0.2) is 36.2 Å². The molecule has 0 spiro atoms. The van der Waals surface area contributed by atoms with E-state index >= 15 is 0 Å². The quantitative estimate of drug-likeness (QED) is 0.815. The maximum Gasteiger partial charge on any atom is 0.434 e. The van der Waals surface area contributed by atoms with Crippen LogP contribution in [0.15, 0.2) is 21.7 Å². The van der Waals surface area contributed by atoms with Gasteiger partial charge in [-0.25, -0.2) is 13.4 Å². The smallest absolute Gasteiger partial charge is 0.301 e. The third-order valence-corrected chi connectivity index (χ3v) is 7.94. The van der Waals surface area contributed by atoms with Crippen molar-refractivity contribution >= 4 is 43.7 Å². The van der Waals surface area contributed by atoms with Crippen LogP contribution in [0.25, 0.3) is 0 Å². The molecule has 3 heterocycles. The normalized spacial score (nSPS) is 19.0. The fourth-order valence-corrected chi connectivity index (χ4v) is 6.40. The van der Waals surface area contributed by atoms with Gasteiger partial charge in [0.2, 0.25) is 5.91 Å². The van der Waals surface area contributed by atoms with Crippen molar-refractivity contribution in [1.29, 1.82) is 0 Å². The number of nitrogens with zero attached hydrogens (tertiary/aromatic N) is 2. The molecule has 1 unspecified atom stereocenters. The maximum atomic E-state index is 12.7. The molecular weight excluding hydrogens is 411 g/mol. The lowest BCUT2D eigenvalue weighted by molar-refractivity contribution is -0.140. The van der Waals surface area contributed by atoms with Crippen molar-refractivity contribution < 1.29 is 26.4 Å². The number of aryl methyl sites for hydroxylation is 1. The van der Waals surface area contributed by atoms with Crippen LogP contribution in [0.3, 0.4) is 0 Å². The second-order valence-corrected chi connectivity index (χ2v) is 9.93. The predicted octanol–water partition coefficient (Wildman–Crippen LogP) is 3.32. The summed E-state index contributed by atoms with van der Waals surface area (Å²) in [6, 6.07) is 2.19. The van der Waals surface area contributed by atoms with Gasteiger partial charge in [0, 0.05) is 16.8 Å². The van der Waals surface area contributed by atoms with Gasteiger partial charge in [-0.05, 0) is 31.9 Å². The van der Waals surface area contributed by atoms with Crippen LogP contribution >= 0.6 is 22.7 Å². The summed E-state index contributed by atoms with van der Waals surface area (Å²) in [5.74, 6) is -0.678. The van der Waals surface area contributed by atoms with Crippen molar-refractivity contribution in [3.8, 4) is 0 Å². The van der Waals surface area contributed by atoms with E-state index in [2.05, 4.69) is 10.3 Å². The molecule has 1 N–H and O–H groups in total. The molecule has 12 heteroatoms. The summed E-state index contributed by atoms with van der Waals surface area (Å²) in [4.78, 5) is 16.6. The lowest BCUT2D eigenvalue weighted by atomic mass is 10.2. The Hall–Kier alpha value is -1.50. The van der Waals surface area contributed by atoms with E-state index in [1.165, 1.54) is 6.07 Å².